The number of nitriles is 1. The number of ether oxygens (including phenoxy) is 1. The molecule has 0 amide bonds. The molecule has 6 nitrogen and oxygen atoms in total. The van der Waals surface area contributed by atoms with Crippen LogP contribution in [-0.4, -0.2) is 18.2 Å². The van der Waals surface area contributed by atoms with Crippen molar-refractivity contribution in [2.75, 3.05) is 0 Å². The number of guanidine groups is 1. The van der Waals surface area contributed by atoms with Crippen LogP contribution in [0.4, 0.5) is 0 Å². The first-order valence-corrected chi connectivity index (χ1v) is 3.22. The van der Waals surface area contributed by atoms with E-state index in [2.05, 4.69) is 15.0 Å². The molecule has 0 spiro atoms. The van der Waals surface area contributed by atoms with Gasteiger partial charge in [0.2, 0.25) is 5.96 Å². The van der Waals surface area contributed by atoms with E-state index in [1.165, 1.54) is 13.8 Å². The Morgan fingerprint density at radius 3 is 2.83 bits per heavy atom. The quantitative estimate of drug-likeness (QED) is 0.187. The summed E-state index contributed by atoms with van der Waals surface area (Å²) in [7, 11) is 0. The van der Waals surface area contributed by atoms with Gasteiger partial charge in [-0.3, -0.25) is 10.1 Å². The summed E-state index contributed by atoms with van der Waals surface area (Å²) in [4.78, 5) is 14.0. The van der Waals surface area contributed by atoms with Gasteiger partial charge in [0.05, 0.1) is 0 Å². The Morgan fingerprint density at radius 2 is 2.42 bits per heavy atom. The van der Waals surface area contributed by atoms with Gasteiger partial charge in [0.25, 0.3) is 0 Å². The van der Waals surface area contributed by atoms with Crippen molar-refractivity contribution in [3.05, 3.63) is 0 Å². The number of esters is 1. The molecule has 0 aromatic rings. The van der Waals surface area contributed by atoms with Gasteiger partial charge in [0.1, 0.15) is 0 Å². The Hall–Kier alpha value is -1.77. The molecule has 12 heavy (non-hydrogen) atoms. The lowest BCUT2D eigenvalue weighted by atomic mass is 10.6. The minimum atomic E-state index is -0.677. The molecule has 0 bridgehead atoms. The lowest BCUT2D eigenvalue weighted by molar-refractivity contribution is -0.144. The lowest BCUT2D eigenvalue weighted by Crippen LogP contribution is -2.29. The van der Waals surface area contributed by atoms with Gasteiger partial charge in [-0.15, -0.1) is 0 Å². The first-order chi connectivity index (χ1) is 5.56. The van der Waals surface area contributed by atoms with Gasteiger partial charge in [-0.05, 0) is 6.92 Å². The number of hydrogen-bond acceptors (Lipinski definition) is 4. The van der Waals surface area contributed by atoms with E-state index in [-0.39, 0.29) is 5.96 Å². The van der Waals surface area contributed by atoms with Gasteiger partial charge in [-0.25, -0.2) is 4.99 Å². The maximum absolute atomic E-state index is 10.4. The van der Waals surface area contributed by atoms with Crippen molar-refractivity contribution < 1.29 is 9.53 Å². The second kappa shape index (κ2) is 4.96. The van der Waals surface area contributed by atoms with E-state index < -0.39 is 12.2 Å². The molecular weight excluding hydrogens is 160 g/mol. The molecule has 0 aromatic heterocycles. The highest BCUT2D eigenvalue weighted by molar-refractivity contribution is 5.79. The molecule has 6 heteroatoms. The third-order valence-corrected chi connectivity index (χ3v) is 0.841. The van der Waals surface area contributed by atoms with E-state index in [4.69, 9.17) is 11.0 Å². The Labute approximate surface area is 70.0 Å². The van der Waals surface area contributed by atoms with E-state index in [0.717, 1.165) is 0 Å². The summed E-state index contributed by atoms with van der Waals surface area (Å²) < 4.78 is 4.61. The summed E-state index contributed by atoms with van der Waals surface area (Å²) in [5.41, 5.74) is 5.19. The van der Waals surface area contributed by atoms with Gasteiger partial charge in [-0.1, -0.05) is 0 Å². The fourth-order valence-corrected chi connectivity index (χ4v) is 0.552. The summed E-state index contributed by atoms with van der Waals surface area (Å²) in [6.45, 7) is 2.80. The lowest BCUT2D eigenvalue weighted by Gasteiger charge is -2.06. The normalized spacial score (nSPS) is 12.9. The van der Waals surface area contributed by atoms with Crippen molar-refractivity contribution >= 4 is 11.9 Å². The molecule has 0 saturated heterocycles. The number of carbonyl (C=O) groups is 1. The number of nitrogens with zero attached hydrogens (tertiary/aromatic N) is 2. The van der Waals surface area contributed by atoms with Crippen LogP contribution in [0.1, 0.15) is 13.8 Å². The SMILES string of the molecule is CC(=O)OC(C)/N=C(\N)NC#N. The second-order valence-corrected chi connectivity index (χ2v) is 1.96. The van der Waals surface area contributed by atoms with Crippen LogP contribution < -0.4 is 11.1 Å². The Balaban J connectivity index is 3.97. The largest absolute Gasteiger partial charge is 0.440 e. The molecule has 0 aromatic carbocycles. The Bertz CT molecular complexity index is 230. The van der Waals surface area contributed by atoms with Gasteiger partial charge >= 0.3 is 5.97 Å². The maximum atomic E-state index is 10.4. The van der Waals surface area contributed by atoms with Crippen molar-refractivity contribution in [1.29, 1.82) is 5.26 Å². The number of nitrogens with one attached hydrogen (secondary N) is 1. The van der Waals surface area contributed by atoms with E-state index in [0.29, 0.717) is 0 Å². The third kappa shape index (κ3) is 5.05. The zero-order chi connectivity index (χ0) is 9.56. The average molecular weight is 170 g/mol. The summed E-state index contributed by atoms with van der Waals surface area (Å²) >= 11 is 0. The van der Waals surface area contributed by atoms with Crippen LogP contribution in [0.15, 0.2) is 4.99 Å². The predicted molar refractivity (Wildman–Crippen MR) is 41.6 cm³/mol. The fraction of sp³-hybridized carbons (Fsp3) is 0.500. The van der Waals surface area contributed by atoms with Crippen molar-refractivity contribution in [3.8, 4) is 6.19 Å². The topological polar surface area (TPSA) is 100 Å². The molecule has 1 unspecified atom stereocenters. The standard InChI is InChI=1S/C6H10N4O2/c1-4(12-5(2)11)10-6(8)9-3-7/h4H,1-2H3,(H3,8,9,10). The van der Waals surface area contributed by atoms with Crippen LogP contribution in [0.2, 0.25) is 0 Å². The van der Waals surface area contributed by atoms with Crippen LogP contribution in [0.3, 0.4) is 0 Å². The highest BCUT2D eigenvalue weighted by Crippen LogP contribution is 1.91. The van der Waals surface area contributed by atoms with E-state index in [1.807, 2.05) is 0 Å². The van der Waals surface area contributed by atoms with Crippen molar-refractivity contribution in [3.63, 3.8) is 0 Å². The minimum Gasteiger partial charge on any atom is -0.440 e. The maximum Gasteiger partial charge on any atom is 0.304 e. The summed E-state index contributed by atoms with van der Waals surface area (Å²) in [6, 6.07) is 0. The van der Waals surface area contributed by atoms with E-state index in [9.17, 15) is 4.79 Å². The third-order valence-electron chi connectivity index (χ3n) is 0.841. The minimum absolute atomic E-state index is 0.0775. The molecule has 0 rings (SSSR count). The van der Waals surface area contributed by atoms with Gasteiger partial charge in [-0.2, -0.15) is 5.26 Å². The molecule has 0 saturated carbocycles. The molecule has 66 valence electrons. The van der Waals surface area contributed by atoms with Crippen molar-refractivity contribution in [2.24, 2.45) is 10.7 Å². The highest BCUT2D eigenvalue weighted by Gasteiger charge is 2.02. The smallest absolute Gasteiger partial charge is 0.304 e. The van der Waals surface area contributed by atoms with Crippen LogP contribution in [0, 0.1) is 11.5 Å². The average Bonchev–Trinajstić information content (AvgIpc) is 1.84. The van der Waals surface area contributed by atoms with E-state index in [1.54, 1.807) is 6.19 Å². The predicted octanol–water partition coefficient (Wildman–Crippen LogP) is -0.719. The molecule has 0 heterocycles. The second-order valence-electron chi connectivity index (χ2n) is 1.96. The summed E-state index contributed by atoms with van der Waals surface area (Å²) in [5, 5.41) is 10.2. The number of nitrogens with two attached hydrogens (primary N) is 1. The number of rotatable bonds is 2. The summed E-state index contributed by atoms with van der Waals surface area (Å²) in [6.07, 6.45) is 0.902. The highest BCUT2D eigenvalue weighted by atomic mass is 16.6. The first-order valence-electron chi connectivity index (χ1n) is 3.22. The fourth-order valence-electron chi connectivity index (χ4n) is 0.552. The first kappa shape index (κ1) is 10.2. The van der Waals surface area contributed by atoms with Gasteiger partial charge in [0.15, 0.2) is 12.4 Å². The Kier molecular flexibility index (Phi) is 4.23. The Morgan fingerprint density at radius 1 is 1.83 bits per heavy atom. The molecule has 0 radical (unpaired) electrons. The van der Waals surface area contributed by atoms with Crippen LogP contribution in [-0.2, 0) is 9.53 Å². The van der Waals surface area contributed by atoms with Crippen LogP contribution >= 0.6 is 0 Å². The molecule has 0 aliphatic heterocycles. The number of carbonyl (C=O) groups excluding carboxylic acids is 1. The van der Waals surface area contributed by atoms with Crippen LogP contribution in [0.5, 0.6) is 0 Å². The monoisotopic (exact) mass is 170 g/mol. The van der Waals surface area contributed by atoms with Crippen molar-refractivity contribution in [1.82, 2.24) is 5.32 Å². The van der Waals surface area contributed by atoms with Crippen LogP contribution in [0.25, 0.3) is 0 Å². The van der Waals surface area contributed by atoms with E-state index >= 15 is 0 Å². The van der Waals surface area contributed by atoms with Gasteiger partial charge < -0.3 is 10.5 Å². The molecular formula is C6H10N4O2. The molecule has 0 aliphatic rings. The molecule has 3 N–H and O–H groups in total. The summed E-state index contributed by atoms with van der Waals surface area (Å²) in [5.74, 6) is -0.526. The molecule has 1 atom stereocenters. The number of aliphatic imine (C=N–C) groups is 1. The van der Waals surface area contributed by atoms with Crippen molar-refractivity contribution in [2.45, 2.75) is 20.1 Å². The van der Waals surface area contributed by atoms with Gasteiger partial charge in [0, 0.05) is 6.92 Å². The molecule has 0 aliphatic carbocycles. The zero-order valence-electron chi connectivity index (χ0n) is 6.87. The number of hydrogen-bond donors (Lipinski definition) is 2. The zero-order valence-corrected chi connectivity index (χ0v) is 6.87. The molecule has 0 fully saturated rings.